The molecule has 1 heterocycles. The van der Waals surface area contributed by atoms with E-state index in [1.807, 2.05) is 6.07 Å². The highest BCUT2D eigenvalue weighted by atomic mass is 32.1. The SMILES string of the molecule is CCc1ccc2nc(Nc3cccc(C(=O)OC)c3O)sc2c1. The van der Waals surface area contributed by atoms with Crippen LogP contribution in [0.2, 0.25) is 0 Å². The van der Waals surface area contributed by atoms with Gasteiger partial charge in [-0.15, -0.1) is 0 Å². The maximum atomic E-state index is 11.6. The van der Waals surface area contributed by atoms with Crippen LogP contribution in [0.3, 0.4) is 0 Å². The predicted octanol–water partition coefficient (Wildman–Crippen LogP) is 4.09. The van der Waals surface area contributed by atoms with E-state index in [1.54, 1.807) is 12.1 Å². The Balaban J connectivity index is 1.94. The number of esters is 1. The summed E-state index contributed by atoms with van der Waals surface area (Å²) in [6.45, 7) is 2.11. The van der Waals surface area contributed by atoms with Crippen LogP contribution >= 0.6 is 11.3 Å². The third-order valence-corrected chi connectivity index (χ3v) is 4.48. The van der Waals surface area contributed by atoms with Crippen molar-refractivity contribution in [1.82, 2.24) is 4.98 Å². The van der Waals surface area contributed by atoms with Gasteiger partial charge in [0.15, 0.2) is 10.9 Å². The maximum absolute atomic E-state index is 11.6. The number of nitrogens with zero attached hydrogens (tertiary/aromatic N) is 1. The van der Waals surface area contributed by atoms with E-state index in [0.717, 1.165) is 16.6 Å². The van der Waals surface area contributed by atoms with E-state index in [1.165, 1.54) is 30.1 Å². The number of fused-ring (bicyclic) bond motifs is 1. The standard InChI is InChI=1S/C17H16N2O3S/c1-3-10-7-8-12-14(9-10)23-17(18-12)19-13-6-4-5-11(15(13)20)16(21)22-2/h4-9,20H,3H2,1-2H3,(H,18,19). The number of nitrogens with one attached hydrogen (secondary N) is 1. The van der Waals surface area contributed by atoms with Crippen LogP contribution in [-0.2, 0) is 11.2 Å². The average Bonchev–Trinajstić information content (AvgIpc) is 2.97. The highest BCUT2D eigenvalue weighted by molar-refractivity contribution is 7.22. The maximum Gasteiger partial charge on any atom is 0.341 e. The third-order valence-electron chi connectivity index (χ3n) is 3.54. The molecule has 0 aliphatic rings. The number of para-hydroxylation sites is 1. The van der Waals surface area contributed by atoms with Crippen molar-refractivity contribution < 1.29 is 14.6 Å². The van der Waals surface area contributed by atoms with Crippen LogP contribution in [0.5, 0.6) is 5.75 Å². The molecular weight excluding hydrogens is 312 g/mol. The fraction of sp³-hybridized carbons (Fsp3) is 0.176. The number of aromatic nitrogens is 1. The molecule has 23 heavy (non-hydrogen) atoms. The summed E-state index contributed by atoms with van der Waals surface area (Å²) in [6, 6.07) is 11.0. The predicted molar refractivity (Wildman–Crippen MR) is 91.7 cm³/mol. The van der Waals surface area contributed by atoms with Gasteiger partial charge in [0, 0.05) is 0 Å². The number of methoxy groups -OCH3 is 1. The van der Waals surface area contributed by atoms with Gasteiger partial charge in [-0.05, 0) is 36.2 Å². The fourth-order valence-electron chi connectivity index (χ4n) is 2.28. The molecular formula is C17H16N2O3S. The Hall–Kier alpha value is -2.60. The van der Waals surface area contributed by atoms with Crippen LogP contribution in [-0.4, -0.2) is 23.2 Å². The zero-order valence-electron chi connectivity index (χ0n) is 12.8. The lowest BCUT2D eigenvalue weighted by atomic mass is 10.1. The highest BCUT2D eigenvalue weighted by Gasteiger charge is 2.15. The van der Waals surface area contributed by atoms with Crippen molar-refractivity contribution >= 4 is 38.3 Å². The molecule has 3 aromatic rings. The second-order valence-electron chi connectivity index (χ2n) is 4.99. The topological polar surface area (TPSA) is 71.5 Å². The van der Waals surface area contributed by atoms with E-state index in [-0.39, 0.29) is 11.3 Å². The third kappa shape index (κ3) is 2.98. The van der Waals surface area contributed by atoms with Crippen molar-refractivity contribution in [3.8, 4) is 5.75 Å². The summed E-state index contributed by atoms with van der Waals surface area (Å²) in [4.78, 5) is 16.1. The Bertz CT molecular complexity index is 873. The highest BCUT2D eigenvalue weighted by Crippen LogP contribution is 2.34. The zero-order valence-corrected chi connectivity index (χ0v) is 13.6. The number of hydrogen-bond donors (Lipinski definition) is 2. The molecule has 0 bridgehead atoms. The number of aromatic hydroxyl groups is 1. The fourth-order valence-corrected chi connectivity index (χ4v) is 3.22. The Labute approximate surface area is 137 Å². The van der Waals surface area contributed by atoms with Crippen molar-refractivity contribution in [3.63, 3.8) is 0 Å². The van der Waals surface area contributed by atoms with Crippen LogP contribution in [0.4, 0.5) is 10.8 Å². The van der Waals surface area contributed by atoms with E-state index < -0.39 is 5.97 Å². The van der Waals surface area contributed by atoms with Gasteiger partial charge in [-0.3, -0.25) is 0 Å². The summed E-state index contributed by atoms with van der Waals surface area (Å²) in [5.41, 5.74) is 2.69. The monoisotopic (exact) mass is 328 g/mol. The van der Waals surface area contributed by atoms with Crippen molar-refractivity contribution in [3.05, 3.63) is 47.5 Å². The molecule has 0 atom stereocenters. The molecule has 0 spiro atoms. The molecule has 5 nitrogen and oxygen atoms in total. The number of carbonyl (C=O) groups excluding carboxylic acids is 1. The number of rotatable bonds is 4. The Morgan fingerprint density at radius 2 is 2.17 bits per heavy atom. The van der Waals surface area contributed by atoms with Crippen LogP contribution in [0.1, 0.15) is 22.8 Å². The number of benzene rings is 2. The van der Waals surface area contributed by atoms with Gasteiger partial charge in [0.2, 0.25) is 0 Å². The summed E-state index contributed by atoms with van der Waals surface area (Å²) in [6.07, 6.45) is 0.971. The molecule has 6 heteroatoms. The molecule has 118 valence electrons. The van der Waals surface area contributed by atoms with Gasteiger partial charge in [0.05, 0.1) is 23.0 Å². The summed E-state index contributed by atoms with van der Waals surface area (Å²) in [5, 5.41) is 13.9. The number of thiazole rings is 1. The number of phenols is 1. The van der Waals surface area contributed by atoms with Gasteiger partial charge < -0.3 is 15.2 Å². The Morgan fingerprint density at radius 3 is 2.91 bits per heavy atom. The minimum atomic E-state index is -0.581. The number of anilines is 2. The molecule has 0 aliphatic heterocycles. The van der Waals surface area contributed by atoms with E-state index in [0.29, 0.717) is 10.8 Å². The molecule has 0 aliphatic carbocycles. The number of aryl methyl sites for hydroxylation is 1. The summed E-state index contributed by atoms with van der Waals surface area (Å²) in [7, 11) is 1.28. The van der Waals surface area contributed by atoms with Crippen LogP contribution < -0.4 is 5.32 Å². The van der Waals surface area contributed by atoms with Crippen LogP contribution in [0.15, 0.2) is 36.4 Å². The van der Waals surface area contributed by atoms with E-state index in [4.69, 9.17) is 0 Å². The zero-order chi connectivity index (χ0) is 16.4. The molecule has 2 aromatic carbocycles. The van der Waals surface area contributed by atoms with Gasteiger partial charge in [-0.25, -0.2) is 9.78 Å². The Kier molecular flexibility index (Phi) is 4.16. The minimum absolute atomic E-state index is 0.117. The normalized spacial score (nSPS) is 10.7. The quantitative estimate of drug-likeness (QED) is 0.557. The number of phenolic OH excluding ortho intramolecular Hbond substituents is 1. The van der Waals surface area contributed by atoms with E-state index in [9.17, 15) is 9.90 Å². The first kappa shape index (κ1) is 15.3. The first-order valence-electron chi connectivity index (χ1n) is 7.19. The van der Waals surface area contributed by atoms with Gasteiger partial charge in [0.25, 0.3) is 0 Å². The minimum Gasteiger partial charge on any atom is -0.505 e. The lowest BCUT2D eigenvalue weighted by molar-refractivity contribution is 0.0597. The summed E-state index contributed by atoms with van der Waals surface area (Å²) < 4.78 is 5.74. The molecule has 0 fully saturated rings. The van der Waals surface area contributed by atoms with Crippen molar-refractivity contribution in [2.24, 2.45) is 0 Å². The lowest BCUT2D eigenvalue weighted by Gasteiger charge is -2.08. The first-order valence-corrected chi connectivity index (χ1v) is 8.00. The number of hydrogen-bond acceptors (Lipinski definition) is 6. The van der Waals surface area contributed by atoms with E-state index in [2.05, 4.69) is 34.1 Å². The molecule has 0 unspecified atom stereocenters. The van der Waals surface area contributed by atoms with E-state index >= 15 is 0 Å². The van der Waals surface area contributed by atoms with Gasteiger partial charge >= 0.3 is 5.97 Å². The average molecular weight is 328 g/mol. The lowest BCUT2D eigenvalue weighted by Crippen LogP contribution is -2.02. The van der Waals surface area contributed by atoms with Crippen LogP contribution in [0, 0.1) is 0 Å². The second-order valence-corrected chi connectivity index (χ2v) is 6.02. The molecule has 1 aromatic heterocycles. The largest absolute Gasteiger partial charge is 0.505 e. The summed E-state index contributed by atoms with van der Waals surface area (Å²) >= 11 is 1.50. The molecule has 0 radical (unpaired) electrons. The van der Waals surface area contributed by atoms with Crippen LogP contribution in [0.25, 0.3) is 10.2 Å². The Morgan fingerprint density at radius 1 is 1.35 bits per heavy atom. The summed E-state index contributed by atoms with van der Waals surface area (Å²) in [5.74, 6) is -0.726. The molecule has 2 N–H and O–H groups in total. The van der Waals surface area contributed by atoms with Crippen molar-refractivity contribution in [2.45, 2.75) is 13.3 Å². The second kappa shape index (κ2) is 6.26. The smallest absolute Gasteiger partial charge is 0.341 e. The number of ether oxygens (including phenoxy) is 1. The van der Waals surface area contributed by atoms with Gasteiger partial charge in [-0.1, -0.05) is 30.4 Å². The van der Waals surface area contributed by atoms with Gasteiger partial charge in [0.1, 0.15) is 5.56 Å². The molecule has 0 saturated carbocycles. The molecule has 0 saturated heterocycles. The molecule has 3 rings (SSSR count). The van der Waals surface area contributed by atoms with Crippen molar-refractivity contribution in [2.75, 3.05) is 12.4 Å². The first-order chi connectivity index (χ1) is 11.1. The number of carbonyl (C=O) groups is 1. The van der Waals surface area contributed by atoms with Crippen molar-refractivity contribution in [1.29, 1.82) is 0 Å². The molecule has 0 amide bonds. The van der Waals surface area contributed by atoms with Gasteiger partial charge in [-0.2, -0.15) is 0 Å².